The minimum atomic E-state index is 0.427. The first-order valence-electron chi connectivity index (χ1n) is 5.04. The lowest BCUT2D eigenvalue weighted by atomic mass is 10.2. The molecule has 1 aliphatic heterocycles. The van der Waals surface area contributed by atoms with E-state index in [9.17, 15) is 0 Å². The molecule has 3 nitrogen and oxygen atoms in total. The molecule has 0 bridgehead atoms. The Morgan fingerprint density at radius 2 is 2.15 bits per heavy atom. The van der Waals surface area contributed by atoms with Gasteiger partial charge in [0.05, 0.1) is 16.1 Å². The van der Waals surface area contributed by atoms with E-state index in [-0.39, 0.29) is 0 Å². The third-order valence-corrected chi connectivity index (χ3v) is 2.88. The lowest BCUT2D eigenvalue weighted by Crippen LogP contribution is -2.34. The third-order valence-electron chi connectivity index (χ3n) is 2.23. The SMILES string of the molecule is CCCCN1N=CN(Br)C1CCC. The van der Waals surface area contributed by atoms with E-state index < -0.39 is 0 Å². The number of hydrazone groups is 1. The van der Waals surface area contributed by atoms with Crippen LogP contribution in [0, 0.1) is 0 Å². The summed E-state index contributed by atoms with van der Waals surface area (Å²) in [5.74, 6) is 0. The molecule has 0 aromatic heterocycles. The molecule has 0 radical (unpaired) electrons. The summed E-state index contributed by atoms with van der Waals surface area (Å²) in [4.78, 5) is 0. The Kier molecular flexibility index (Phi) is 4.56. The molecule has 0 aliphatic carbocycles. The van der Waals surface area contributed by atoms with Crippen LogP contribution in [0.5, 0.6) is 0 Å². The highest BCUT2D eigenvalue weighted by Gasteiger charge is 2.24. The van der Waals surface area contributed by atoms with Crippen molar-refractivity contribution in [1.29, 1.82) is 0 Å². The normalized spacial score (nSPS) is 21.6. The smallest absolute Gasteiger partial charge is 0.129 e. The van der Waals surface area contributed by atoms with Crippen molar-refractivity contribution in [2.24, 2.45) is 5.10 Å². The zero-order valence-electron chi connectivity index (χ0n) is 8.41. The van der Waals surface area contributed by atoms with E-state index in [0.29, 0.717) is 6.17 Å². The Balaban J connectivity index is 2.38. The number of hydrogen-bond acceptors (Lipinski definition) is 3. The monoisotopic (exact) mass is 247 g/mol. The van der Waals surface area contributed by atoms with Gasteiger partial charge in [-0.05, 0) is 12.8 Å². The molecule has 0 amide bonds. The van der Waals surface area contributed by atoms with E-state index in [1.807, 2.05) is 10.3 Å². The Bertz CT molecular complexity index is 172. The zero-order valence-corrected chi connectivity index (χ0v) is 10.00. The van der Waals surface area contributed by atoms with Gasteiger partial charge in [-0.2, -0.15) is 5.10 Å². The predicted octanol–water partition coefficient (Wildman–Crippen LogP) is 2.78. The van der Waals surface area contributed by atoms with Crippen LogP contribution in [-0.4, -0.2) is 28.0 Å². The summed E-state index contributed by atoms with van der Waals surface area (Å²) in [5, 5.41) is 6.51. The molecule has 0 spiro atoms. The van der Waals surface area contributed by atoms with E-state index in [0.717, 1.165) is 13.0 Å². The van der Waals surface area contributed by atoms with Gasteiger partial charge >= 0.3 is 0 Å². The fraction of sp³-hybridized carbons (Fsp3) is 0.889. The summed E-state index contributed by atoms with van der Waals surface area (Å²) < 4.78 is 2.02. The quantitative estimate of drug-likeness (QED) is 0.697. The number of hydrogen-bond donors (Lipinski definition) is 0. The van der Waals surface area contributed by atoms with Gasteiger partial charge < -0.3 is 0 Å². The maximum atomic E-state index is 4.34. The highest BCUT2D eigenvalue weighted by atomic mass is 79.9. The molecular weight excluding hydrogens is 230 g/mol. The number of rotatable bonds is 5. The third kappa shape index (κ3) is 2.86. The summed E-state index contributed by atoms with van der Waals surface area (Å²) in [6.07, 6.45) is 7.09. The predicted molar refractivity (Wildman–Crippen MR) is 59.6 cm³/mol. The lowest BCUT2D eigenvalue weighted by Gasteiger charge is -2.26. The molecule has 13 heavy (non-hydrogen) atoms. The van der Waals surface area contributed by atoms with E-state index in [2.05, 4.69) is 40.1 Å². The minimum Gasteiger partial charge on any atom is -0.274 e. The Labute approximate surface area is 89.1 Å². The Hall–Kier alpha value is -0.250. The van der Waals surface area contributed by atoms with Gasteiger partial charge in [-0.25, -0.2) is 0 Å². The van der Waals surface area contributed by atoms with Crippen LogP contribution in [-0.2, 0) is 0 Å². The molecule has 1 atom stereocenters. The second-order valence-corrected chi connectivity index (χ2v) is 4.18. The topological polar surface area (TPSA) is 18.8 Å². The van der Waals surface area contributed by atoms with Crippen LogP contribution in [0.15, 0.2) is 5.10 Å². The minimum absolute atomic E-state index is 0.427. The summed E-state index contributed by atoms with van der Waals surface area (Å²) in [6, 6.07) is 0. The van der Waals surface area contributed by atoms with Crippen LogP contribution < -0.4 is 0 Å². The van der Waals surface area contributed by atoms with E-state index in [1.165, 1.54) is 19.3 Å². The fourth-order valence-corrected chi connectivity index (χ4v) is 1.95. The van der Waals surface area contributed by atoms with Gasteiger partial charge in [-0.1, -0.05) is 26.7 Å². The van der Waals surface area contributed by atoms with Gasteiger partial charge in [0.25, 0.3) is 0 Å². The average molecular weight is 248 g/mol. The second kappa shape index (κ2) is 5.47. The van der Waals surface area contributed by atoms with Gasteiger partial charge in [0.15, 0.2) is 0 Å². The number of unbranched alkanes of at least 4 members (excludes halogenated alkanes) is 1. The molecule has 0 fully saturated rings. The van der Waals surface area contributed by atoms with Crippen LogP contribution >= 0.6 is 16.1 Å². The highest BCUT2D eigenvalue weighted by molar-refractivity contribution is 9.07. The van der Waals surface area contributed by atoms with Crippen molar-refractivity contribution in [3.63, 3.8) is 0 Å². The maximum Gasteiger partial charge on any atom is 0.129 e. The first-order chi connectivity index (χ1) is 6.29. The Morgan fingerprint density at radius 3 is 2.77 bits per heavy atom. The summed E-state index contributed by atoms with van der Waals surface area (Å²) in [7, 11) is 0. The highest BCUT2D eigenvalue weighted by Crippen LogP contribution is 2.20. The van der Waals surface area contributed by atoms with Crippen LogP contribution in [0.25, 0.3) is 0 Å². The van der Waals surface area contributed by atoms with Crippen LogP contribution in [0.1, 0.15) is 39.5 Å². The van der Waals surface area contributed by atoms with Crippen LogP contribution in [0.3, 0.4) is 0 Å². The van der Waals surface area contributed by atoms with Crippen molar-refractivity contribution in [2.45, 2.75) is 45.7 Å². The second-order valence-electron chi connectivity index (χ2n) is 3.36. The Morgan fingerprint density at radius 1 is 1.38 bits per heavy atom. The molecule has 76 valence electrons. The lowest BCUT2D eigenvalue weighted by molar-refractivity contribution is 0.169. The van der Waals surface area contributed by atoms with E-state index >= 15 is 0 Å². The van der Waals surface area contributed by atoms with Crippen molar-refractivity contribution in [3.05, 3.63) is 0 Å². The van der Waals surface area contributed by atoms with Crippen molar-refractivity contribution in [1.82, 2.24) is 8.93 Å². The summed E-state index contributed by atoms with van der Waals surface area (Å²) in [5.41, 5.74) is 0. The molecule has 1 rings (SSSR count). The molecule has 0 aromatic carbocycles. The average Bonchev–Trinajstić information content (AvgIpc) is 2.46. The van der Waals surface area contributed by atoms with Crippen molar-refractivity contribution in [3.8, 4) is 0 Å². The van der Waals surface area contributed by atoms with Crippen molar-refractivity contribution < 1.29 is 0 Å². The van der Waals surface area contributed by atoms with Gasteiger partial charge in [-0.3, -0.25) is 8.93 Å². The molecule has 0 N–H and O–H groups in total. The van der Waals surface area contributed by atoms with E-state index in [1.54, 1.807) is 0 Å². The van der Waals surface area contributed by atoms with Gasteiger partial charge in [0, 0.05) is 6.54 Å². The number of nitrogens with zero attached hydrogens (tertiary/aromatic N) is 3. The van der Waals surface area contributed by atoms with Gasteiger partial charge in [0.2, 0.25) is 0 Å². The zero-order chi connectivity index (χ0) is 9.68. The van der Waals surface area contributed by atoms with Gasteiger partial charge in [0.1, 0.15) is 12.5 Å². The first-order valence-corrected chi connectivity index (χ1v) is 5.75. The number of halogens is 1. The van der Waals surface area contributed by atoms with E-state index in [4.69, 9.17) is 0 Å². The van der Waals surface area contributed by atoms with Crippen LogP contribution in [0.2, 0.25) is 0 Å². The summed E-state index contributed by atoms with van der Waals surface area (Å²) in [6.45, 7) is 5.48. The molecule has 1 aliphatic rings. The van der Waals surface area contributed by atoms with Gasteiger partial charge in [-0.15, -0.1) is 0 Å². The van der Waals surface area contributed by atoms with Crippen molar-refractivity contribution in [2.75, 3.05) is 6.54 Å². The molecule has 1 unspecified atom stereocenters. The molecule has 0 saturated carbocycles. The molecule has 0 aromatic rings. The largest absolute Gasteiger partial charge is 0.274 e. The fourth-order valence-electron chi connectivity index (χ4n) is 1.45. The van der Waals surface area contributed by atoms with Crippen molar-refractivity contribution >= 4 is 22.5 Å². The standard InChI is InChI=1S/C9H18BrN3/c1-3-5-7-13-9(6-4-2)12(10)8-11-13/h8-9H,3-7H2,1-2H3. The summed E-state index contributed by atoms with van der Waals surface area (Å²) >= 11 is 3.48. The molecule has 4 heteroatoms. The molecule has 0 saturated heterocycles. The molecular formula is C9H18BrN3. The first kappa shape index (κ1) is 10.8. The molecule has 1 heterocycles. The van der Waals surface area contributed by atoms with Crippen LogP contribution in [0.4, 0.5) is 0 Å². The maximum absolute atomic E-state index is 4.34.